The molecule has 2 aromatic rings. The van der Waals surface area contributed by atoms with Crippen molar-refractivity contribution in [2.24, 2.45) is 0 Å². The molecule has 2 rings (SSSR count). The Morgan fingerprint density at radius 2 is 1.70 bits per heavy atom. The molecular weight excluding hydrogens is 290 g/mol. The first-order chi connectivity index (χ1) is 10.9. The van der Waals surface area contributed by atoms with Crippen LogP contribution in [0, 0.1) is 0 Å². The molecule has 0 saturated carbocycles. The second-order valence-corrected chi connectivity index (χ2v) is 5.57. The van der Waals surface area contributed by atoms with Crippen LogP contribution in [0.15, 0.2) is 24.3 Å². The largest absolute Gasteiger partial charge is 0.352 e. The second-order valence-electron chi connectivity index (χ2n) is 5.57. The van der Waals surface area contributed by atoms with Gasteiger partial charge >= 0.3 is 0 Å². The molecule has 0 spiro atoms. The Labute approximate surface area is 138 Å². The lowest BCUT2D eigenvalue weighted by molar-refractivity contribution is 0.0786. The van der Waals surface area contributed by atoms with Crippen molar-refractivity contribution < 1.29 is 9.59 Å². The normalized spacial score (nSPS) is 10.4. The van der Waals surface area contributed by atoms with Gasteiger partial charge in [-0.05, 0) is 38.4 Å². The predicted molar refractivity (Wildman–Crippen MR) is 95.2 cm³/mol. The first-order valence-electron chi connectivity index (χ1n) is 7.92. The molecule has 0 aliphatic carbocycles. The van der Waals surface area contributed by atoms with Gasteiger partial charge in [0.2, 0.25) is 0 Å². The topological polar surface area (TPSA) is 56.4 Å². The Morgan fingerprint density at radius 3 is 2.26 bits per heavy atom. The average Bonchev–Trinajstić information content (AvgIpc) is 2.97. The lowest BCUT2D eigenvalue weighted by atomic mass is 10.1. The van der Waals surface area contributed by atoms with E-state index in [0.717, 1.165) is 17.4 Å². The maximum Gasteiger partial charge on any atom is 0.253 e. The summed E-state index contributed by atoms with van der Waals surface area (Å²) in [5, 5.41) is 0.882. The number of amides is 1. The maximum absolute atomic E-state index is 12.4. The molecule has 0 aliphatic heterocycles. The van der Waals surface area contributed by atoms with E-state index in [0.29, 0.717) is 17.8 Å². The van der Waals surface area contributed by atoms with E-state index >= 15 is 0 Å². The number of hydrogen-bond donors (Lipinski definition) is 1. The van der Waals surface area contributed by atoms with E-state index in [1.54, 1.807) is 24.1 Å². The summed E-state index contributed by atoms with van der Waals surface area (Å²) in [6.07, 6.45) is 0. The monoisotopic (exact) mass is 317 g/mol. The lowest BCUT2D eigenvalue weighted by Gasteiger charge is -2.19. The molecule has 0 unspecified atom stereocenters. The van der Waals surface area contributed by atoms with Crippen molar-refractivity contribution in [3.63, 3.8) is 0 Å². The number of nitrogens with zero attached hydrogens (tertiary/aromatic N) is 2. The number of H-pyrrole nitrogens is 1. The third kappa shape index (κ3) is 4.93. The maximum atomic E-state index is 12.4. The predicted octanol–water partition coefficient (Wildman–Crippen LogP) is 3.03. The number of nitrogens with one attached hydrogen (secondary N) is 1. The zero-order chi connectivity index (χ0) is 17.6. The summed E-state index contributed by atoms with van der Waals surface area (Å²) < 4.78 is 0. The zero-order valence-electron chi connectivity index (χ0n) is 14.9. The van der Waals surface area contributed by atoms with Gasteiger partial charge in [-0.3, -0.25) is 9.59 Å². The highest BCUT2D eigenvalue weighted by Crippen LogP contribution is 2.18. The molecule has 1 heterocycles. The van der Waals surface area contributed by atoms with Crippen molar-refractivity contribution in [2.45, 2.75) is 20.8 Å². The third-order valence-electron chi connectivity index (χ3n) is 3.48. The summed E-state index contributed by atoms with van der Waals surface area (Å²) in [6.45, 7) is 7.02. The van der Waals surface area contributed by atoms with E-state index in [1.807, 2.05) is 45.0 Å². The quantitative estimate of drug-likeness (QED) is 0.862. The number of aromatic nitrogens is 1. The van der Waals surface area contributed by atoms with Gasteiger partial charge in [-0.2, -0.15) is 0 Å². The fourth-order valence-electron chi connectivity index (χ4n) is 2.13. The molecule has 126 valence electrons. The van der Waals surface area contributed by atoms with Crippen LogP contribution >= 0.6 is 0 Å². The van der Waals surface area contributed by atoms with Crippen LogP contribution in [0.4, 0.5) is 0 Å². The number of likely N-dealkylation sites (N-methyl/N-ethyl adjacent to an activating group) is 2. The fourth-order valence-corrected chi connectivity index (χ4v) is 2.13. The summed E-state index contributed by atoms with van der Waals surface area (Å²) in [5.41, 5.74) is 2.07. The molecule has 23 heavy (non-hydrogen) atoms. The number of ketones is 1. The van der Waals surface area contributed by atoms with Crippen molar-refractivity contribution in [3.05, 3.63) is 35.5 Å². The standard InChI is InChI=1S/C16H21N3O2.C2H6/c1-11(20)15-10-13-9-12(5-6-14(13)17-15)16(21)19(4)8-7-18(2)3;1-2/h5-6,9-10,17H,7-8H2,1-4H3;1-2H3. The highest BCUT2D eigenvalue weighted by Gasteiger charge is 2.13. The van der Waals surface area contributed by atoms with Gasteiger partial charge in [-0.1, -0.05) is 13.8 Å². The van der Waals surface area contributed by atoms with E-state index in [9.17, 15) is 9.59 Å². The Hall–Kier alpha value is -2.14. The first-order valence-corrected chi connectivity index (χ1v) is 7.92. The van der Waals surface area contributed by atoms with Crippen LogP contribution in [0.3, 0.4) is 0 Å². The number of hydrogen-bond acceptors (Lipinski definition) is 3. The number of rotatable bonds is 5. The zero-order valence-corrected chi connectivity index (χ0v) is 14.9. The van der Waals surface area contributed by atoms with Gasteiger partial charge in [-0.25, -0.2) is 0 Å². The molecule has 1 N–H and O–H groups in total. The average molecular weight is 317 g/mol. The molecule has 0 radical (unpaired) electrons. The third-order valence-corrected chi connectivity index (χ3v) is 3.48. The SMILES string of the molecule is CC.CC(=O)c1cc2cc(C(=O)N(C)CCN(C)C)ccc2[nH]1. The van der Waals surface area contributed by atoms with Crippen molar-refractivity contribution in [1.29, 1.82) is 0 Å². The van der Waals surface area contributed by atoms with E-state index in [1.165, 1.54) is 6.92 Å². The van der Waals surface area contributed by atoms with Gasteiger partial charge in [0, 0.05) is 43.5 Å². The summed E-state index contributed by atoms with van der Waals surface area (Å²) in [4.78, 5) is 30.5. The molecule has 0 atom stereocenters. The van der Waals surface area contributed by atoms with Crippen LogP contribution < -0.4 is 0 Å². The molecule has 0 bridgehead atoms. The van der Waals surface area contributed by atoms with Gasteiger partial charge in [0.25, 0.3) is 5.91 Å². The van der Waals surface area contributed by atoms with Crippen LogP contribution in [-0.4, -0.2) is 60.7 Å². The highest BCUT2D eigenvalue weighted by molar-refractivity contribution is 6.01. The molecule has 1 amide bonds. The van der Waals surface area contributed by atoms with E-state index in [2.05, 4.69) is 4.98 Å². The minimum atomic E-state index is -0.0119. The Bertz CT molecular complexity index is 674. The molecule has 0 saturated heterocycles. The van der Waals surface area contributed by atoms with Crippen molar-refractivity contribution in [2.75, 3.05) is 34.2 Å². The Morgan fingerprint density at radius 1 is 1.04 bits per heavy atom. The van der Waals surface area contributed by atoms with Crippen LogP contribution in [0.2, 0.25) is 0 Å². The smallest absolute Gasteiger partial charge is 0.253 e. The van der Waals surface area contributed by atoms with Crippen molar-refractivity contribution >= 4 is 22.6 Å². The second kappa shape index (κ2) is 8.48. The molecular formula is C18H27N3O2. The van der Waals surface area contributed by atoms with Crippen LogP contribution in [-0.2, 0) is 0 Å². The van der Waals surface area contributed by atoms with Crippen molar-refractivity contribution in [3.8, 4) is 0 Å². The molecule has 0 aliphatic rings. The summed E-state index contributed by atoms with van der Waals surface area (Å²) in [5.74, 6) is -0.0218. The molecule has 5 nitrogen and oxygen atoms in total. The van der Waals surface area contributed by atoms with Gasteiger partial charge in [0.15, 0.2) is 5.78 Å². The number of fused-ring (bicyclic) bond motifs is 1. The van der Waals surface area contributed by atoms with Gasteiger partial charge in [-0.15, -0.1) is 0 Å². The van der Waals surface area contributed by atoms with E-state index < -0.39 is 0 Å². The van der Waals surface area contributed by atoms with Crippen LogP contribution in [0.1, 0.15) is 41.6 Å². The molecule has 1 aromatic heterocycles. The van der Waals surface area contributed by atoms with Gasteiger partial charge in [0.1, 0.15) is 0 Å². The fraction of sp³-hybridized carbons (Fsp3) is 0.444. The van der Waals surface area contributed by atoms with Crippen LogP contribution in [0.5, 0.6) is 0 Å². The Kier molecular flexibility index (Phi) is 6.97. The molecule has 5 heteroatoms. The first kappa shape index (κ1) is 18.9. The van der Waals surface area contributed by atoms with E-state index in [4.69, 9.17) is 0 Å². The summed E-state index contributed by atoms with van der Waals surface area (Å²) in [7, 11) is 5.76. The minimum absolute atomic E-state index is 0.00988. The number of Topliss-reactive ketones (excluding diaryl/α,β-unsaturated/α-hetero) is 1. The minimum Gasteiger partial charge on any atom is -0.352 e. The van der Waals surface area contributed by atoms with Gasteiger partial charge < -0.3 is 14.8 Å². The summed E-state index contributed by atoms with van der Waals surface area (Å²) >= 11 is 0. The number of aromatic amines is 1. The number of benzene rings is 1. The highest BCUT2D eigenvalue weighted by atomic mass is 16.2. The number of carbonyl (C=O) groups excluding carboxylic acids is 2. The van der Waals surface area contributed by atoms with E-state index in [-0.39, 0.29) is 11.7 Å². The van der Waals surface area contributed by atoms with Crippen molar-refractivity contribution in [1.82, 2.24) is 14.8 Å². The lowest BCUT2D eigenvalue weighted by Crippen LogP contribution is -2.33. The molecule has 0 fully saturated rings. The van der Waals surface area contributed by atoms with Gasteiger partial charge in [0.05, 0.1) is 5.69 Å². The Balaban J connectivity index is 0.00000127. The molecule has 1 aromatic carbocycles. The summed E-state index contributed by atoms with van der Waals surface area (Å²) in [6, 6.07) is 7.24. The number of carbonyl (C=O) groups is 2. The van der Waals surface area contributed by atoms with Crippen LogP contribution in [0.25, 0.3) is 10.9 Å².